The fourth-order valence-electron chi connectivity index (χ4n) is 6.44. The third kappa shape index (κ3) is 7.83. The van der Waals surface area contributed by atoms with E-state index >= 15 is 0 Å². The van der Waals surface area contributed by atoms with Gasteiger partial charge in [0.15, 0.2) is 34.4 Å². The summed E-state index contributed by atoms with van der Waals surface area (Å²) in [5, 5.41) is 5.26. The first-order chi connectivity index (χ1) is 26.7. The van der Waals surface area contributed by atoms with Gasteiger partial charge in [-0.2, -0.15) is 18.1 Å². The highest BCUT2D eigenvalue weighted by Crippen LogP contribution is 2.56. The van der Waals surface area contributed by atoms with Crippen molar-refractivity contribution in [1.29, 1.82) is 0 Å². The van der Waals surface area contributed by atoms with E-state index in [1.54, 1.807) is 48.7 Å². The average Bonchev–Trinajstić information content (AvgIpc) is 3.95. The van der Waals surface area contributed by atoms with Crippen LogP contribution < -0.4 is 20.9 Å². The summed E-state index contributed by atoms with van der Waals surface area (Å²) in [5.74, 6) is -1.23. The van der Waals surface area contributed by atoms with Gasteiger partial charge in [-0.05, 0) is 12.1 Å². The van der Waals surface area contributed by atoms with Crippen molar-refractivity contribution in [3.8, 4) is 0 Å². The topological polar surface area (TPSA) is 275 Å². The van der Waals surface area contributed by atoms with Crippen molar-refractivity contribution in [3.05, 3.63) is 65.2 Å². The number of H-pyrrole nitrogens is 1. The van der Waals surface area contributed by atoms with E-state index in [-0.39, 0.29) is 53.5 Å². The molecule has 4 aromatic heterocycles. The first kappa shape index (κ1) is 38.2. The number of hydrogen-bond donors (Lipinski definition) is 5. The van der Waals surface area contributed by atoms with Crippen LogP contribution in [-0.2, 0) is 42.4 Å². The van der Waals surface area contributed by atoms with Crippen LogP contribution in [0.15, 0.2) is 54.1 Å². The second-order valence-corrected chi connectivity index (χ2v) is 17.6. The molecule has 0 spiro atoms. The number of aromatic amines is 1. The summed E-state index contributed by atoms with van der Waals surface area (Å²) in [6, 6.07) is 8.54. The van der Waals surface area contributed by atoms with Crippen LogP contribution in [0.1, 0.15) is 49.5 Å². The smallest absolute Gasteiger partial charge is 0.351 e. The van der Waals surface area contributed by atoms with Crippen LogP contribution in [0.5, 0.6) is 0 Å². The van der Waals surface area contributed by atoms with Crippen LogP contribution in [0.3, 0.4) is 0 Å². The number of aromatic nitrogens is 8. The second kappa shape index (κ2) is 15.0. The van der Waals surface area contributed by atoms with Crippen molar-refractivity contribution in [1.82, 2.24) is 43.8 Å². The molecule has 0 saturated carbocycles. The molecular weight excluding hydrogens is 798 g/mol. The maximum atomic E-state index is 13.6. The monoisotopic (exact) mass is 831 g/mol. The number of nitrogens with zero attached hydrogens (tertiary/aromatic N) is 7. The Bertz CT molecular complexity index is 2530. The molecule has 5 aromatic rings. The van der Waals surface area contributed by atoms with Gasteiger partial charge in [0.2, 0.25) is 11.9 Å². The Labute approximate surface area is 322 Å². The van der Waals surface area contributed by atoms with E-state index in [1.165, 1.54) is 23.5 Å². The van der Waals surface area contributed by atoms with Crippen LogP contribution in [0.2, 0.25) is 0 Å². The van der Waals surface area contributed by atoms with Crippen LogP contribution in [0.25, 0.3) is 22.3 Å². The van der Waals surface area contributed by atoms with E-state index in [9.17, 15) is 27.4 Å². The van der Waals surface area contributed by atoms with Crippen molar-refractivity contribution in [2.24, 2.45) is 5.92 Å². The number of imidazole rings is 2. The van der Waals surface area contributed by atoms with E-state index in [2.05, 4.69) is 57.5 Å². The SMILES string of the molecule is CC(C)C(=O)Nc1nc2c(ncn2[C@H]2O[C@@H]3CO[P@](=O)(S)O[C@H]4C[C@H](n5cnc6c(NC(=O)c7ccccc7)ncnc65)O[C@@H]4CNS(=O)(=O)O[C@@H]2C3)c(=O)[nH]1. The van der Waals surface area contributed by atoms with E-state index in [0.29, 0.717) is 5.56 Å². The van der Waals surface area contributed by atoms with Crippen molar-refractivity contribution in [2.45, 2.75) is 63.6 Å². The minimum Gasteiger partial charge on any atom is -0.351 e. The zero-order chi connectivity index (χ0) is 39.4. The third-order valence-electron chi connectivity index (χ3n) is 9.14. The summed E-state index contributed by atoms with van der Waals surface area (Å²) < 4.78 is 75.3. The number of fused-ring (bicyclic) bond motifs is 5. The first-order valence-corrected chi connectivity index (χ1v) is 21.3. The molecule has 8 rings (SSSR count). The van der Waals surface area contributed by atoms with Gasteiger partial charge in [-0.25, -0.2) is 28.7 Å². The molecule has 2 amide bonds. The first-order valence-electron chi connectivity index (χ1n) is 17.2. The molecule has 7 atom stereocenters. The summed E-state index contributed by atoms with van der Waals surface area (Å²) >= 11 is 4.20. The predicted molar refractivity (Wildman–Crippen MR) is 198 cm³/mol. The fraction of sp³-hybridized carbons (Fsp3) is 0.419. The molecule has 0 radical (unpaired) electrons. The summed E-state index contributed by atoms with van der Waals surface area (Å²) in [6.07, 6.45) is -2.43. The summed E-state index contributed by atoms with van der Waals surface area (Å²) in [4.78, 5) is 61.8. The lowest BCUT2D eigenvalue weighted by molar-refractivity contribution is -0.118. The van der Waals surface area contributed by atoms with Crippen LogP contribution in [0.4, 0.5) is 11.8 Å². The number of ether oxygens (including phenoxy) is 2. The Morgan fingerprint density at radius 1 is 0.964 bits per heavy atom. The molecule has 25 heteroatoms. The van der Waals surface area contributed by atoms with Crippen LogP contribution in [-0.4, -0.2) is 96.8 Å². The van der Waals surface area contributed by atoms with Crippen molar-refractivity contribution in [2.75, 3.05) is 23.8 Å². The third-order valence-corrected chi connectivity index (χ3v) is 11.8. The Morgan fingerprint density at radius 3 is 2.52 bits per heavy atom. The highest BCUT2D eigenvalue weighted by molar-refractivity contribution is 8.44. The van der Waals surface area contributed by atoms with E-state index < -0.39 is 83.8 Å². The van der Waals surface area contributed by atoms with Gasteiger partial charge >= 0.3 is 17.1 Å². The van der Waals surface area contributed by atoms with Gasteiger partial charge in [0.1, 0.15) is 24.8 Å². The van der Waals surface area contributed by atoms with Gasteiger partial charge in [0, 0.05) is 30.9 Å². The quantitative estimate of drug-likeness (QED) is 0.121. The molecule has 3 saturated heterocycles. The normalized spacial score (nSPS) is 28.0. The molecule has 0 unspecified atom stereocenters. The fourth-order valence-corrected chi connectivity index (χ4v) is 8.91. The number of benzene rings is 1. The molecule has 3 aliphatic heterocycles. The molecule has 56 heavy (non-hydrogen) atoms. The number of carbonyl (C=O) groups is 2. The molecule has 3 fully saturated rings. The second-order valence-electron chi connectivity index (χ2n) is 13.3. The zero-order valence-electron chi connectivity index (χ0n) is 29.4. The lowest BCUT2D eigenvalue weighted by atomic mass is 10.2. The van der Waals surface area contributed by atoms with Crippen molar-refractivity contribution in [3.63, 3.8) is 0 Å². The highest BCUT2D eigenvalue weighted by Gasteiger charge is 2.46. The minimum absolute atomic E-state index is 0.0288. The van der Waals surface area contributed by atoms with Crippen molar-refractivity contribution >= 4 is 75.3 Å². The lowest BCUT2D eigenvalue weighted by Crippen LogP contribution is -2.40. The maximum Gasteiger partial charge on any atom is 0.386 e. The summed E-state index contributed by atoms with van der Waals surface area (Å²) in [7, 11) is -4.54. The van der Waals surface area contributed by atoms with E-state index in [1.807, 2.05) is 0 Å². The van der Waals surface area contributed by atoms with Gasteiger partial charge in [0.05, 0.1) is 31.5 Å². The zero-order valence-corrected chi connectivity index (χ0v) is 32.0. The minimum atomic E-state index is -4.54. The highest BCUT2D eigenvalue weighted by atomic mass is 32.7. The number of carbonyl (C=O) groups excluding carboxylic acids is 2. The van der Waals surface area contributed by atoms with Crippen molar-refractivity contribution < 1.29 is 45.3 Å². The van der Waals surface area contributed by atoms with Gasteiger partial charge in [0.25, 0.3) is 11.5 Å². The number of thiol groups is 1. The Hall–Kier alpha value is -4.65. The number of rotatable bonds is 6. The largest absolute Gasteiger partial charge is 0.386 e. The van der Waals surface area contributed by atoms with Crippen LogP contribution in [0, 0.1) is 5.92 Å². The standard InChI is InChI=1S/C31H34N11O11PS2/c1-15(2)27(43)39-31-38-26-23(29(45)40-31)35-14-42(26)30-19-8-17(50-30)11-49-54(46,55)52-18-9-21(51-20(18)10-36-56(47,48)53-19)41-13-34-22-24(32-12-33-25(22)41)37-28(44)16-6-4-3-5-7-16/h3-7,12-15,17-21,30,36H,8-11H2,1-2H3,(H,46,55)(H,32,33,37,44)(H2,38,39,40,43,45)/t17-,18-,19+,20+,21+,30-,54-/m0/s1. The summed E-state index contributed by atoms with van der Waals surface area (Å²) in [5.41, 5.74) is 0.151. The number of anilines is 2. The van der Waals surface area contributed by atoms with E-state index in [4.69, 9.17) is 22.7 Å². The average molecular weight is 832 g/mol. The van der Waals surface area contributed by atoms with Gasteiger partial charge in [-0.3, -0.25) is 42.9 Å². The molecule has 0 aliphatic carbocycles. The van der Waals surface area contributed by atoms with Crippen LogP contribution >= 0.6 is 19.0 Å². The molecule has 296 valence electrons. The number of amides is 2. The van der Waals surface area contributed by atoms with Gasteiger partial charge in [-0.15, -0.1) is 0 Å². The number of nitrogens with one attached hydrogen (secondary N) is 4. The molecule has 2 bridgehead atoms. The van der Waals surface area contributed by atoms with Gasteiger partial charge in [-0.1, -0.05) is 44.3 Å². The molecule has 3 aliphatic rings. The Morgan fingerprint density at radius 2 is 1.73 bits per heavy atom. The Kier molecular flexibility index (Phi) is 10.3. The Balaban J connectivity index is 1.03. The molecule has 4 N–H and O–H groups in total. The molecule has 7 heterocycles. The molecule has 22 nitrogen and oxygen atoms in total. The number of hydrogen-bond acceptors (Lipinski definition) is 16. The summed E-state index contributed by atoms with van der Waals surface area (Å²) in [6.45, 7) is -1.58. The lowest BCUT2D eigenvalue weighted by Gasteiger charge is -2.24. The molecular formula is C31H34N11O11PS2. The van der Waals surface area contributed by atoms with E-state index in [0.717, 1.165) is 0 Å². The van der Waals surface area contributed by atoms with Gasteiger partial charge < -0.3 is 14.8 Å². The molecule has 1 aromatic carbocycles. The predicted octanol–water partition coefficient (Wildman–Crippen LogP) is 2.05. The maximum absolute atomic E-state index is 13.6.